The lowest BCUT2D eigenvalue weighted by molar-refractivity contribution is 0.0984. The highest BCUT2D eigenvalue weighted by Crippen LogP contribution is 2.24. The third-order valence-corrected chi connectivity index (χ3v) is 3.63. The van der Waals surface area contributed by atoms with E-state index in [1.807, 2.05) is 61.5 Å². The van der Waals surface area contributed by atoms with Gasteiger partial charge in [-0.05, 0) is 43.3 Å². The van der Waals surface area contributed by atoms with Crippen molar-refractivity contribution >= 4 is 11.6 Å². The van der Waals surface area contributed by atoms with E-state index in [-0.39, 0.29) is 11.6 Å². The number of hydrogen-bond donors (Lipinski definition) is 0. The zero-order valence-electron chi connectivity index (χ0n) is 13.6. The Balaban J connectivity index is 1.78. The minimum absolute atomic E-state index is 0.220. The molecular formula is C19H18N2O3. The first-order valence-corrected chi connectivity index (χ1v) is 7.72. The topological polar surface area (TPSA) is 55.6 Å². The maximum Gasteiger partial charge on any atom is 0.280 e. The van der Waals surface area contributed by atoms with E-state index < -0.39 is 0 Å². The van der Waals surface area contributed by atoms with Crippen LogP contribution >= 0.6 is 0 Å². The van der Waals surface area contributed by atoms with Crippen LogP contribution in [0.1, 0.15) is 17.4 Å². The minimum atomic E-state index is -0.220. The summed E-state index contributed by atoms with van der Waals surface area (Å²) < 4.78 is 10.7. The Kier molecular flexibility index (Phi) is 4.61. The maximum atomic E-state index is 12.5. The Bertz CT molecular complexity index is 810. The van der Waals surface area contributed by atoms with E-state index in [0.717, 1.165) is 17.0 Å². The second kappa shape index (κ2) is 7.00. The molecule has 0 aliphatic carbocycles. The van der Waals surface area contributed by atoms with E-state index in [9.17, 15) is 4.79 Å². The molecule has 1 heterocycles. The van der Waals surface area contributed by atoms with Crippen LogP contribution in [0, 0.1) is 0 Å². The van der Waals surface area contributed by atoms with Gasteiger partial charge in [0.2, 0.25) is 0 Å². The van der Waals surface area contributed by atoms with E-state index >= 15 is 0 Å². The van der Waals surface area contributed by atoms with E-state index in [0.29, 0.717) is 12.4 Å². The molecule has 0 aliphatic heterocycles. The van der Waals surface area contributed by atoms with Crippen molar-refractivity contribution in [1.82, 2.24) is 5.16 Å². The highest BCUT2D eigenvalue weighted by molar-refractivity contribution is 6.04. The molecule has 1 amide bonds. The molecule has 0 atom stereocenters. The molecule has 2 aromatic carbocycles. The highest BCUT2D eigenvalue weighted by Gasteiger charge is 2.18. The van der Waals surface area contributed by atoms with Crippen LogP contribution in [0.4, 0.5) is 5.69 Å². The Morgan fingerprint density at radius 1 is 1.12 bits per heavy atom. The van der Waals surface area contributed by atoms with Crippen molar-refractivity contribution in [3.8, 4) is 17.1 Å². The van der Waals surface area contributed by atoms with Gasteiger partial charge in [-0.25, -0.2) is 0 Å². The number of benzene rings is 2. The first kappa shape index (κ1) is 15.8. The maximum absolute atomic E-state index is 12.5. The fraction of sp³-hybridized carbons (Fsp3) is 0.158. The summed E-state index contributed by atoms with van der Waals surface area (Å²) in [6.07, 6.45) is 0. The van der Waals surface area contributed by atoms with Crippen LogP contribution < -0.4 is 9.64 Å². The summed E-state index contributed by atoms with van der Waals surface area (Å²) in [5, 5.41) is 3.90. The van der Waals surface area contributed by atoms with Crippen molar-refractivity contribution in [2.24, 2.45) is 0 Å². The molecule has 24 heavy (non-hydrogen) atoms. The number of anilines is 1. The van der Waals surface area contributed by atoms with Crippen LogP contribution in [-0.4, -0.2) is 24.7 Å². The number of aromatic nitrogens is 1. The van der Waals surface area contributed by atoms with Gasteiger partial charge in [0.05, 0.1) is 6.61 Å². The van der Waals surface area contributed by atoms with E-state index in [4.69, 9.17) is 9.26 Å². The minimum Gasteiger partial charge on any atom is -0.494 e. The lowest BCUT2D eigenvalue weighted by Crippen LogP contribution is -2.26. The van der Waals surface area contributed by atoms with Gasteiger partial charge in [-0.1, -0.05) is 23.4 Å². The second-order valence-corrected chi connectivity index (χ2v) is 5.23. The van der Waals surface area contributed by atoms with Crippen LogP contribution in [0.15, 0.2) is 65.2 Å². The van der Waals surface area contributed by atoms with Gasteiger partial charge in [0, 0.05) is 24.4 Å². The standard InChI is InChI=1S/C19H18N2O3/c1-3-23-16-11-9-14(10-12-16)18-13-17(20-24-18)19(22)21(2)15-7-5-4-6-8-15/h4-13H,3H2,1-2H3. The van der Waals surface area contributed by atoms with Gasteiger partial charge in [-0.15, -0.1) is 0 Å². The third kappa shape index (κ3) is 3.30. The summed E-state index contributed by atoms with van der Waals surface area (Å²) in [5.41, 5.74) is 1.91. The van der Waals surface area contributed by atoms with Crippen molar-refractivity contribution in [2.45, 2.75) is 6.92 Å². The average Bonchev–Trinajstić information content (AvgIpc) is 3.12. The zero-order chi connectivity index (χ0) is 16.9. The van der Waals surface area contributed by atoms with Gasteiger partial charge in [0.1, 0.15) is 5.75 Å². The number of amides is 1. The molecule has 0 radical (unpaired) electrons. The van der Waals surface area contributed by atoms with Gasteiger partial charge in [-0.3, -0.25) is 4.79 Å². The molecule has 0 N–H and O–H groups in total. The molecule has 0 spiro atoms. The number of ether oxygens (including phenoxy) is 1. The normalized spacial score (nSPS) is 10.4. The van der Waals surface area contributed by atoms with E-state index in [1.165, 1.54) is 0 Å². The highest BCUT2D eigenvalue weighted by atomic mass is 16.5. The van der Waals surface area contributed by atoms with Gasteiger partial charge in [0.25, 0.3) is 5.91 Å². The third-order valence-electron chi connectivity index (χ3n) is 3.63. The molecular weight excluding hydrogens is 304 g/mol. The largest absolute Gasteiger partial charge is 0.494 e. The summed E-state index contributed by atoms with van der Waals surface area (Å²) in [7, 11) is 1.71. The smallest absolute Gasteiger partial charge is 0.280 e. The molecule has 0 saturated carbocycles. The fourth-order valence-electron chi connectivity index (χ4n) is 2.33. The summed E-state index contributed by atoms with van der Waals surface area (Å²) in [4.78, 5) is 14.1. The van der Waals surface area contributed by atoms with Crippen molar-refractivity contribution < 1.29 is 14.1 Å². The van der Waals surface area contributed by atoms with Crippen LogP contribution in [0.3, 0.4) is 0 Å². The van der Waals surface area contributed by atoms with Crippen LogP contribution in [0.5, 0.6) is 5.75 Å². The van der Waals surface area contributed by atoms with Crippen LogP contribution in [0.2, 0.25) is 0 Å². The van der Waals surface area contributed by atoms with Crippen LogP contribution in [-0.2, 0) is 0 Å². The van der Waals surface area contributed by atoms with Crippen LogP contribution in [0.25, 0.3) is 11.3 Å². The zero-order valence-corrected chi connectivity index (χ0v) is 13.6. The molecule has 0 bridgehead atoms. The molecule has 0 fully saturated rings. The average molecular weight is 322 g/mol. The van der Waals surface area contributed by atoms with Gasteiger partial charge < -0.3 is 14.2 Å². The molecule has 1 aromatic heterocycles. The SMILES string of the molecule is CCOc1ccc(-c2cc(C(=O)N(C)c3ccccc3)no2)cc1. The molecule has 0 aliphatic rings. The molecule has 5 heteroatoms. The van der Waals surface area contributed by atoms with E-state index in [2.05, 4.69) is 5.16 Å². The Morgan fingerprint density at radius 3 is 2.50 bits per heavy atom. The number of para-hydroxylation sites is 1. The first-order valence-electron chi connectivity index (χ1n) is 7.72. The molecule has 0 unspecified atom stereocenters. The van der Waals surface area contributed by atoms with Gasteiger partial charge in [-0.2, -0.15) is 0 Å². The summed E-state index contributed by atoms with van der Waals surface area (Å²) in [6.45, 7) is 2.55. The van der Waals surface area contributed by atoms with Gasteiger partial charge in [0.15, 0.2) is 11.5 Å². The van der Waals surface area contributed by atoms with Crippen molar-refractivity contribution in [3.05, 3.63) is 66.4 Å². The number of carbonyl (C=O) groups is 1. The molecule has 0 saturated heterocycles. The second-order valence-electron chi connectivity index (χ2n) is 5.23. The summed E-state index contributed by atoms with van der Waals surface area (Å²) in [6, 6.07) is 18.5. The number of nitrogens with zero attached hydrogens (tertiary/aromatic N) is 2. The Morgan fingerprint density at radius 2 is 1.83 bits per heavy atom. The Labute approximate surface area is 140 Å². The Hall–Kier alpha value is -3.08. The predicted molar refractivity (Wildman–Crippen MR) is 92.3 cm³/mol. The predicted octanol–water partition coefficient (Wildman–Crippen LogP) is 4.02. The molecule has 3 rings (SSSR count). The molecule has 5 nitrogen and oxygen atoms in total. The lowest BCUT2D eigenvalue weighted by atomic mass is 10.1. The monoisotopic (exact) mass is 322 g/mol. The number of rotatable bonds is 5. The fourth-order valence-corrected chi connectivity index (χ4v) is 2.33. The number of hydrogen-bond acceptors (Lipinski definition) is 4. The molecule has 3 aromatic rings. The van der Waals surface area contributed by atoms with Crippen molar-refractivity contribution in [3.63, 3.8) is 0 Å². The first-order chi connectivity index (χ1) is 11.7. The summed E-state index contributed by atoms with van der Waals surface area (Å²) in [5.74, 6) is 1.12. The molecule has 122 valence electrons. The van der Waals surface area contributed by atoms with Gasteiger partial charge >= 0.3 is 0 Å². The lowest BCUT2D eigenvalue weighted by Gasteiger charge is -2.15. The van der Waals surface area contributed by atoms with Crippen molar-refractivity contribution in [1.29, 1.82) is 0 Å². The van der Waals surface area contributed by atoms with Crippen molar-refractivity contribution in [2.75, 3.05) is 18.6 Å². The van der Waals surface area contributed by atoms with E-state index in [1.54, 1.807) is 18.0 Å². The number of carbonyl (C=O) groups excluding carboxylic acids is 1. The quantitative estimate of drug-likeness (QED) is 0.712. The summed E-state index contributed by atoms with van der Waals surface area (Å²) >= 11 is 0.